The van der Waals surface area contributed by atoms with E-state index in [2.05, 4.69) is 15.9 Å². The number of halogens is 1. The molecule has 1 aromatic rings. The molecule has 1 atom stereocenters. The molecule has 0 radical (unpaired) electrons. The van der Waals surface area contributed by atoms with Gasteiger partial charge in [0, 0.05) is 4.47 Å². The molecule has 0 aromatic heterocycles. The Morgan fingerprint density at radius 1 is 1.21 bits per heavy atom. The third-order valence-electron chi connectivity index (χ3n) is 2.65. The van der Waals surface area contributed by atoms with Gasteiger partial charge in [0.2, 0.25) is 5.91 Å². The Labute approximate surface area is 116 Å². The van der Waals surface area contributed by atoms with Gasteiger partial charge in [0.25, 0.3) is 5.91 Å². The molecular weight excluding hydrogens is 316 g/mol. The molecule has 0 unspecified atom stereocenters. The Balaban J connectivity index is 2.41. The number of amides is 4. The molecule has 7 heteroatoms. The lowest BCUT2D eigenvalue weighted by molar-refractivity contribution is -0.140. The SMILES string of the molecule is CC(=O)[C@H]1C(=O)NC(=O)N(c2ccc(Br)cc2)C1=O. The van der Waals surface area contributed by atoms with Crippen molar-refractivity contribution in [3.05, 3.63) is 28.7 Å². The number of hydrogen-bond acceptors (Lipinski definition) is 4. The van der Waals surface area contributed by atoms with E-state index in [4.69, 9.17) is 0 Å². The van der Waals surface area contributed by atoms with Crippen molar-refractivity contribution in [3.63, 3.8) is 0 Å². The van der Waals surface area contributed by atoms with Crippen LogP contribution in [0.1, 0.15) is 6.92 Å². The number of carbonyl (C=O) groups is 4. The lowest BCUT2D eigenvalue weighted by atomic mass is 10.0. The van der Waals surface area contributed by atoms with E-state index in [0.717, 1.165) is 16.3 Å². The van der Waals surface area contributed by atoms with Crippen LogP contribution < -0.4 is 10.2 Å². The van der Waals surface area contributed by atoms with Crippen LogP contribution in [0.5, 0.6) is 0 Å². The molecule has 19 heavy (non-hydrogen) atoms. The molecule has 1 aliphatic heterocycles. The second-order valence-corrected chi connectivity index (χ2v) is 4.90. The molecule has 1 N–H and O–H groups in total. The Bertz CT molecular complexity index is 582. The first kappa shape index (κ1) is 13.4. The summed E-state index contributed by atoms with van der Waals surface area (Å²) in [5, 5.41) is 2.00. The quantitative estimate of drug-likeness (QED) is 0.829. The monoisotopic (exact) mass is 324 g/mol. The second kappa shape index (κ2) is 4.93. The smallest absolute Gasteiger partial charge is 0.299 e. The highest BCUT2D eigenvalue weighted by molar-refractivity contribution is 9.10. The predicted octanol–water partition coefficient (Wildman–Crippen LogP) is 1.24. The Morgan fingerprint density at radius 2 is 1.79 bits per heavy atom. The van der Waals surface area contributed by atoms with Gasteiger partial charge in [-0.2, -0.15) is 0 Å². The minimum Gasteiger partial charge on any atom is -0.299 e. The highest BCUT2D eigenvalue weighted by atomic mass is 79.9. The summed E-state index contributed by atoms with van der Waals surface area (Å²) in [6.07, 6.45) is 0. The Hall–Kier alpha value is -2.02. The molecule has 0 saturated carbocycles. The predicted molar refractivity (Wildman–Crippen MR) is 69.3 cm³/mol. The van der Waals surface area contributed by atoms with Crippen molar-refractivity contribution in [3.8, 4) is 0 Å². The number of nitrogens with one attached hydrogen (secondary N) is 1. The van der Waals surface area contributed by atoms with Gasteiger partial charge in [0.15, 0.2) is 11.7 Å². The normalized spacial score (nSPS) is 19.4. The fourth-order valence-electron chi connectivity index (χ4n) is 1.77. The summed E-state index contributed by atoms with van der Waals surface area (Å²) in [5.74, 6) is -3.78. The number of hydrogen-bond donors (Lipinski definition) is 1. The van der Waals surface area contributed by atoms with Crippen molar-refractivity contribution in [1.82, 2.24) is 5.32 Å². The van der Waals surface area contributed by atoms with Crippen molar-refractivity contribution in [1.29, 1.82) is 0 Å². The maximum atomic E-state index is 12.1. The zero-order valence-electron chi connectivity index (χ0n) is 9.84. The molecular formula is C12H9BrN2O4. The Kier molecular flexibility index (Phi) is 3.48. The maximum Gasteiger partial charge on any atom is 0.335 e. The third-order valence-corrected chi connectivity index (χ3v) is 3.18. The molecule has 1 aromatic carbocycles. The van der Waals surface area contributed by atoms with Crippen molar-refractivity contribution >= 4 is 45.2 Å². The topological polar surface area (TPSA) is 83.6 Å². The summed E-state index contributed by atoms with van der Waals surface area (Å²) < 4.78 is 0.778. The van der Waals surface area contributed by atoms with Gasteiger partial charge in [-0.25, -0.2) is 9.69 Å². The standard InChI is InChI=1S/C12H9BrN2O4/c1-6(16)9-10(17)14-12(19)15(11(9)18)8-4-2-7(13)3-5-8/h2-5,9H,1H3,(H,14,17,19)/t9-/m0/s1. The maximum absolute atomic E-state index is 12.1. The average Bonchev–Trinajstić information content (AvgIpc) is 2.30. The van der Waals surface area contributed by atoms with Crippen LogP contribution in [0.3, 0.4) is 0 Å². The van der Waals surface area contributed by atoms with Crippen LogP contribution in [0, 0.1) is 5.92 Å². The molecule has 0 spiro atoms. The van der Waals surface area contributed by atoms with Gasteiger partial charge in [-0.3, -0.25) is 19.7 Å². The van der Waals surface area contributed by atoms with Crippen LogP contribution in [0.25, 0.3) is 0 Å². The number of nitrogens with zero attached hydrogens (tertiary/aromatic N) is 1. The van der Waals surface area contributed by atoms with Gasteiger partial charge < -0.3 is 0 Å². The zero-order chi connectivity index (χ0) is 14.2. The number of Topliss-reactive ketones (excluding diaryl/α,β-unsaturated/α-hetero) is 1. The number of imide groups is 2. The molecule has 2 rings (SSSR count). The van der Waals surface area contributed by atoms with Gasteiger partial charge in [-0.15, -0.1) is 0 Å². The van der Waals surface area contributed by atoms with Crippen LogP contribution in [0.2, 0.25) is 0 Å². The number of benzene rings is 1. The number of barbiturate groups is 1. The molecule has 1 heterocycles. The first-order valence-electron chi connectivity index (χ1n) is 5.36. The summed E-state index contributed by atoms with van der Waals surface area (Å²) in [6, 6.07) is 5.52. The lowest BCUT2D eigenvalue weighted by Crippen LogP contribution is -2.59. The summed E-state index contributed by atoms with van der Waals surface area (Å²) in [5.41, 5.74) is 0.296. The van der Waals surface area contributed by atoms with Crippen LogP contribution in [0.4, 0.5) is 10.5 Å². The minimum atomic E-state index is -1.47. The summed E-state index contributed by atoms with van der Waals surface area (Å²) in [6.45, 7) is 1.14. The van der Waals surface area contributed by atoms with Gasteiger partial charge in [0.05, 0.1) is 5.69 Å². The average molecular weight is 325 g/mol. The molecule has 0 bridgehead atoms. The number of urea groups is 1. The van der Waals surface area contributed by atoms with Gasteiger partial charge in [-0.05, 0) is 31.2 Å². The van der Waals surface area contributed by atoms with Crippen LogP contribution >= 0.6 is 15.9 Å². The van der Waals surface area contributed by atoms with Crippen molar-refractivity contribution in [2.24, 2.45) is 5.92 Å². The fraction of sp³-hybridized carbons (Fsp3) is 0.167. The number of rotatable bonds is 2. The lowest BCUT2D eigenvalue weighted by Gasteiger charge is -2.28. The first-order valence-corrected chi connectivity index (χ1v) is 6.16. The molecule has 4 amide bonds. The Morgan fingerprint density at radius 3 is 2.32 bits per heavy atom. The third kappa shape index (κ3) is 2.41. The van der Waals surface area contributed by atoms with E-state index in [1.807, 2.05) is 5.32 Å². The van der Waals surface area contributed by atoms with Gasteiger partial charge in [-0.1, -0.05) is 15.9 Å². The number of ketones is 1. The van der Waals surface area contributed by atoms with Gasteiger partial charge >= 0.3 is 6.03 Å². The summed E-state index contributed by atoms with van der Waals surface area (Å²) in [7, 11) is 0. The van der Waals surface area contributed by atoms with E-state index in [-0.39, 0.29) is 0 Å². The van der Waals surface area contributed by atoms with Crippen molar-refractivity contribution in [2.45, 2.75) is 6.92 Å². The largest absolute Gasteiger partial charge is 0.335 e. The summed E-state index contributed by atoms with van der Waals surface area (Å²) >= 11 is 3.23. The molecule has 1 fully saturated rings. The molecule has 1 saturated heterocycles. The van der Waals surface area contributed by atoms with Crippen molar-refractivity contribution in [2.75, 3.05) is 4.90 Å². The molecule has 0 aliphatic carbocycles. The van der Waals surface area contributed by atoms with Crippen LogP contribution in [0.15, 0.2) is 28.7 Å². The molecule has 98 valence electrons. The zero-order valence-corrected chi connectivity index (χ0v) is 11.4. The van der Waals surface area contributed by atoms with Crippen LogP contribution in [-0.4, -0.2) is 23.6 Å². The first-order chi connectivity index (χ1) is 8.91. The second-order valence-electron chi connectivity index (χ2n) is 3.99. The highest BCUT2D eigenvalue weighted by Gasteiger charge is 2.43. The highest BCUT2D eigenvalue weighted by Crippen LogP contribution is 2.23. The van der Waals surface area contributed by atoms with E-state index in [0.29, 0.717) is 5.69 Å². The molecule has 6 nitrogen and oxygen atoms in total. The molecule has 1 aliphatic rings. The van der Waals surface area contributed by atoms with E-state index in [1.54, 1.807) is 12.1 Å². The van der Waals surface area contributed by atoms with Gasteiger partial charge in [0.1, 0.15) is 0 Å². The van der Waals surface area contributed by atoms with E-state index < -0.39 is 29.5 Å². The summed E-state index contributed by atoms with van der Waals surface area (Å²) in [4.78, 5) is 47.4. The van der Waals surface area contributed by atoms with Crippen molar-refractivity contribution < 1.29 is 19.2 Å². The van der Waals surface area contributed by atoms with Crippen LogP contribution in [-0.2, 0) is 14.4 Å². The van der Waals surface area contributed by atoms with E-state index in [1.165, 1.54) is 12.1 Å². The number of carbonyl (C=O) groups excluding carboxylic acids is 4. The minimum absolute atomic E-state index is 0.296. The number of anilines is 1. The fourth-order valence-corrected chi connectivity index (χ4v) is 2.03. The van der Waals surface area contributed by atoms with E-state index in [9.17, 15) is 19.2 Å². The van der Waals surface area contributed by atoms with E-state index >= 15 is 0 Å².